The van der Waals surface area contributed by atoms with Gasteiger partial charge in [0.2, 0.25) is 0 Å². The summed E-state index contributed by atoms with van der Waals surface area (Å²) in [4.78, 5) is 1.37. The fourth-order valence-corrected chi connectivity index (χ4v) is 5.12. The van der Waals surface area contributed by atoms with E-state index in [0.29, 0.717) is 11.2 Å². The summed E-state index contributed by atoms with van der Waals surface area (Å²) in [5.41, 5.74) is 4.75. The number of rotatable bonds is 7. The Kier molecular flexibility index (Phi) is 7.34. The molecule has 0 spiro atoms. The van der Waals surface area contributed by atoms with E-state index in [4.69, 9.17) is 0 Å². The lowest BCUT2D eigenvalue weighted by atomic mass is 9.80. The lowest BCUT2D eigenvalue weighted by Gasteiger charge is -2.26. The molecule has 0 bridgehead atoms. The van der Waals surface area contributed by atoms with E-state index in [-0.39, 0.29) is 10.8 Å². The van der Waals surface area contributed by atoms with Gasteiger partial charge in [-0.15, -0.1) is 11.8 Å². The second kappa shape index (κ2) is 9.60. The van der Waals surface area contributed by atoms with E-state index in [1.54, 1.807) is 0 Å². The Hall–Kier alpha value is -1.73. The second-order valence-electron chi connectivity index (χ2n) is 10.4. The SMILES string of the molecule is CC1C=CC=CC1Sc1ccc(C(C)(C)CCCc2ccc(C(C)(C)C)cc2)cc1. The number of thioether (sulfide) groups is 1. The van der Waals surface area contributed by atoms with Crippen molar-refractivity contribution in [3.63, 3.8) is 0 Å². The molecule has 1 aliphatic carbocycles. The average Bonchev–Trinajstić information content (AvgIpc) is 2.70. The van der Waals surface area contributed by atoms with Crippen LogP contribution in [-0.2, 0) is 17.3 Å². The minimum atomic E-state index is 0.204. The highest BCUT2D eigenvalue weighted by Crippen LogP contribution is 2.34. The van der Waals surface area contributed by atoms with Gasteiger partial charge in [0.25, 0.3) is 0 Å². The van der Waals surface area contributed by atoms with Crippen molar-refractivity contribution in [3.8, 4) is 0 Å². The predicted octanol–water partition coefficient (Wildman–Crippen LogP) is 8.51. The number of benzene rings is 2. The molecule has 0 N–H and O–H groups in total. The summed E-state index contributed by atoms with van der Waals surface area (Å²) in [5, 5.41) is 0.540. The molecule has 3 rings (SSSR count). The predicted molar refractivity (Wildman–Crippen MR) is 135 cm³/mol. The van der Waals surface area contributed by atoms with Crippen molar-refractivity contribution in [3.05, 3.63) is 89.5 Å². The van der Waals surface area contributed by atoms with Crippen LogP contribution in [0.1, 0.15) is 71.1 Å². The van der Waals surface area contributed by atoms with E-state index in [1.807, 2.05) is 11.8 Å². The van der Waals surface area contributed by atoms with Gasteiger partial charge in [-0.25, -0.2) is 0 Å². The summed E-state index contributed by atoms with van der Waals surface area (Å²) in [6, 6.07) is 18.5. The molecule has 2 aromatic rings. The third kappa shape index (κ3) is 6.14. The Labute approximate surface area is 188 Å². The van der Waals surface area contributed by atoms with Crippen LogP contribution in [0.3, 0.4) is 0 Å². The molecule has 0 aliphatic heterocycles. The summed E-state index contributed by atoms with van der Waals surface area (Å²) in [6.45, 7) is 13.9. The van der Waals surface area contributed by atoms with Crippen molar-refractivity contribution >= 4 is 11.8 Å². The summed E-state index contributed by atoms with van der Waals surface area (Å²) < 4.78 is 0. The van der Waals surface area contributed by atoms with Crippen molar-refractivity contribution in [1.29, 1.82) is 0 Å². The summed E-state index contributed by atoms with van der Waals surface area (Å²) in [6.07, 6.45) is 12.5. The zero-order valence-electron chi connectivity index (χ0n) is 19.6. The molecular formula is C29H38S. The van der Waals surface area contributed by atoms with Gasteiger partial charge < -0.3 is 0 Å². The van der Waals surface area contributed by atoms with Gasteiger partial charge in [0, 0.05) is 10.1 Å². The third-order valence-electron chi connectivity index (χ3n) is 6.34. The van der Waals surface area contributed by atoms with Crippen molar-refractivity contribution < 1.29 is 0 Å². The molecule has 0 saturated heterocycles. The van der Waals surface area contributed by atoms with Crippen LogP contribution in [0, 0.1) is 5.92 Å². The van der Waals surface area contributed by atoms with Gasteiger partial charge in [-0.3, -0.25) is 0 Å². The fourth-order valence-electron chi connectivity index (χ4n) is 4.04. The van der Waals surface area contributed by atoms with Crippen LogP contribution in [0.2, 0.25) is 0 Å². The largest absolute Gasteiger partial charge is 0.118 e. The summed E-state index contributed by atoms with van der Waals surface area (Å²) in [7, 11) is 0. The van der Waals surface area contributed by atoms with Crippen LogP contribution >= 0.6 is 11.8 Å². The lowest BCUT2D eigenvalue weighted by molar-refractivity contribution is 0.461. The zero-order chi connectivity index (χ0) is 21.8. The van der Waals surface area contributed by atoms with Crippen LogP contribution in [-0.4, -0.2) is 5.25 Å². The van der Waals surface area contributed by atoms with Crippen LogP contribution in [0.25, 0.3) is 0 Å². The van der Waals surface area contributed by atoms with Crippen LogP contribution < -0.4 is 0 Å². The molecule has 2 atom stereocenters. The lowest BCUT2D eigenvalue weighted by Crippen LogP contribution is -2.17. The van der Waals surface area contributed by atoms with E-state index >= 15 is 0 Å². The Morgan fingerprint density at radius 1 is 0.767 bits per heavy atom. The van der Waals surface area contributed by atoms with Crippen LogP contribution in [0.4, 0.5) is 0 Å². The minimum Gasteiger partial charge on any atom is -0.118 e. The number of aryl methyl sites for hydroxylation is 1. The van der Waals surface area contributed by atoms with Gasteiger partial charge in [0.1, 0.15) is 0 Å². The van der Waals surface area contributed by atoms with Crippen molar-refractivity contribution in [2.45, 2.75) is 81.8 Å². The molecular weight excluding hydrogens is 380 g/mol. The Morgan fingerprint density at radius 2 is 1.37 bits per heavy atom. The quantitative estimate of drug-likeness (QED) is 0.434. The van der Waals surface area contributed by atoms with E-state index in [2.05, 4.69) is 114 Å². The van der Waals surface area contributed by atoms with Gasteiger partial charge in [-0.2, -0.15) is 0 Å². The molecule has 0 fully saturated rings. The van der Waals surface area contributed by atoms with E-state index in [9.17, 15) is 0 Å². The Balaban J connectivity index is 1.53. The topological polar surface area (TPSA) is 0 Å². The smallest absolute Gasteiger partial charge is 0.0337 e. The summed E-state index contributed by atoms with van der Waals surface area (Å²) in [5.74, 6) is 0.591. The van der Waals surface area contributed by atoms with Gasteiger partial charge in [-0.05, 0) is 64.8 Å². The molecule has 30 heavy (non-hydrogen) atoms. The first kappa shape index (κ1) is 22.9. The van der Waals surface area contributed by atoms with Crippen molar-refractivity contribution in [2.75, 3.05) is 0 Å². The monoisotopic (exact) mass is 418 g/mol. The molecule has 160 valence electrons. The highest BCUT2D eigenvalue weighted by atomic mass is 32.2. The fraction of sp³-hybridized carbons (Fsp3) is 0.448. The molecule has 1 heteroatoms. The number of allylic oxidation sites excluding steroid dienone is 3. The maximum atomic E-state index is 2.38. The molecule has 0 amide bonds. The molecule has 0 nitrogen and oxygen atoms in total. The van der Waals surface area contributed by atoms with E-state index in [0.717, 1.165) is 6.42 Å². The molecule has 0 aromatic heterocycles. The summed E-state index contributed by atoms with van der Waals surface area (Å²) >= 11 is 1.97. The first-order valence-corrected chi connectivity index (χ1v) is 12.2. The first-order valence-electron chi connectivity index (χ1n) is 11.4. The Bertz CT molecular complexity index is 860. The second-order valence-corrected chi connectivity index (χ2v) is 11.7. The standard InChI is InChI=1S/C29H38S/c1-22-10-7-8-12-27(22)30-26-19-17-25(18-20-26)29(5,6)21-9-11-23-13-15-24(16-14-23)28(2,3)4/h7-8,10,12-20,22,27H,9,11,21H2,1-6H3. The van der Waals surface area contributed by atoms with E-state index < -0.39 is 0 Å². The molecule has 0 heterocycles. The maximum absolute atomic E-state index is 2.38. The normalized spacial score (nSPS) is 19.3. The molecule has 2 aromatic carbocycles. The molecule has 0 saturated carbocycles. The minimum absolute atomic E-state index is 0.204. The molecule has 1 aliphatic rings. The first-order chi connectivity index (χ1) is 14.1. The molecule has 0 radical (unpaired) electrons. The number of hydrogen-bond acceptors (Lipinski definition) is 1. The maximum Gasteiger partial charge on any atom is 0.0337 e. The average molecular weight is 419 g/mol. The van der Waals surface area contributed by atoms with Crippen LogP contribution in [0.5, 0.6) is 0 Å². The number of hydrogen-bond donors (Lipinski definition) is 0. The highest BCUT2D eigenvalue weighted by Gasteiger charge is 2.21. The van der Waals surface area contributed by atoms with E-state index in [1.165, 1.54) is 34.4 Å². The van der Waals surface area contributed by atoms with Gasteiger partial charge >= 0.3 is 0 Å². The van der Waals surface area contributed by atoms with Gasteiger partial charge in [0.05, 0.1) is 0 Å². The third-order valence-corrected chi connectivity index (χ3v) is 7.74. The van der Waals surface area contributed by atoms with Crippen LogP contribution in [0.15, 0.2) is 77.7 Å². The Morgan fingerprint density at radius 3 is 1.97 bits per heavy atom. The van der Waals surface area contributed by atoms with Crippen molar-refractivity contribution in [1.82, 2.24) is 0 Å². The zero-order valence-corrected chi connectivity index (χ0v) is 20.4. The van der Waals surface area contributed by atoms with Gasteiger partial charge in [-0.1, -0.05) is 102 Å². The highest BCUT2D eigenvalue weighted by molar-refractivity contribution is 8.00. The van der Waals surface area contributed by atoms with Gasteiger partial charge in [0.15, 0.2) is 0 Å². The van der Waals surface area contributed by atoms with Crippen molar-refractivity contribution in [2.24, 2.45) is 5.92 Å². The molecule has 2 unspecified atom stereocenters.